The first kappa shape index (κ1) is 22.1. The number of ether oxygens (including phenoxy) is 1. The number of β-amino-alcohol motifs (C(OH)–C–C–N with tert-alkyl or cyclic N) is 1. The second-order valence-electron chi connectivity index (χ2n) is 8.07. The van der Waals surface area contributed by atoms with Crippen molar-refractivity contribution in [3.63, 3.8) is 0 Å². The predicted molar refractivity (Wildman–Crippen MR) is 112 cm³/mol. The molecule has 4 rings (SSSR count). The minimum atomic E-state index is -4.16. The van der Waals surface area contributed by atoms with Crippen molar-refractivity contribution in [3.05, 3.63) is 65.2 Å². The molecule has 10 heteroatoms. The Hall–Kier alpha value is -3.08. The Morgan fingerprint density at radius 3 is 2.19 bits per heavy atom. The van der Waals surface area contributed by atoms with E-state index in [0.717, 1.165) is 21.9 Å². The molecule has 0 spiro atoms. The third kappa shape index (κ3) is 3.60. The molecule has 2 atom stereocenters. The second kappa shape index (κ2) is 7.80. The summed E-state index contributed by atoms with van der Waals surface area (Å²) in [6, 6.07) is 11.1. The molecule has 2 aromatic rings. The summed E-state index contributed by atoms with van der Waals surface area (Å²) >= 11 is 0. The SMILES string of the molecule is COC(=O)[C@@H]1C[C@@](O)(CN2C(=O)c3ccccc3C2=O)CN1S(=O)(=O)c1ccc(C)cc1. The van der Waals surface area contributed by atoms with Crippen LogP contribution in [-0.2, 0) is 19.6 Å². The minimum Gasteiger partial charge on any atom is -0.468 e. The molecule has 0 aromatic heterocycles. The van der Waals surface area contributed by atoms with Crippen LogP contribution in [0.15, 0.2) is 53.4 Å². The first-order valence-electron chi connectivity index (χ1n) is 9.91. The maximum Gasteiger partial charge on any atom is 0.324 e. The van der Waals surface area contributed by atoms with Gasteiger partial charge in [-0.05, 0) is 31.2 Å². The van der Waals surface area contributed by atoms with Crippen molar-refractivity contribution in [1.29, 1.82) is 0 Å². The number of sulfonamides is 1. The second-order valence-corrected chi connectivity index (χ2v) is 9.96. The van der Waals surface area contributed by atoms with Gasteiger partial charge in [-0.1, -0.05) is 29.8 Å². The summed E-state index contributed by atoms with van der Waals surface area (Å²) in [5.41, 5.74) is -0.540. The van der Waals surface area contributed by atoms with Gasteiger partial charge in [0, 0.05) is 13.0 Å². The molecular weight excluding hydrogens is 436 g/mol. The van der Waals surface area contributed by atoms with Crippen LogP contribution < -0.4 is 0 Å². The predicted octanol–water partition coefficient (Wildman–Crippen LogP) is 0.958. The minimum absolute atomic E-state index is 0.0398. The van der Waals surface area contributed by atoms with Crippen molar-refractivity contribution in [2.24, 2.45) is 0 Å². The molecule has 2 amide bonds. The van der Waals surface area contributed by atoms with Gasteiger partial charge in [-0.15, -0.1) is 0 Å². The lowest BCUT2D eigenvalue weighted by Crippen LogP contribution is -2.47. The van der Waals surface area contributed by atoms with Gasteiger partial charge in [-0.2, -0.15) is 4.31 Å². The highest BCUT2D eigenvalue weighted by Gasteiger charge is 2.53. The molecular formula is C22H22N2O7S. The number of amides is 2. The number of esters is 1. The van der Waals surface area contributed by atoms with Crippen LogP contribution in [0.25, 0.3) is 0 Å². The van der Waals surface area contributed by atoms with Crippen molar-refractivity contribution >= 4 is 27.8 Å². The Bertz CT molecular complexity index is 1170. The van der Waals surface area contributed by atoms with Crippen molar-refractivity contribution < 1.29 is 32.6 Å². The van der Waals surface area contributed by atoms with Gasteiger partial charge in [0.1, 0.15) is 6.04 Å². The van der Waals surface area contributed by atoms with E-state index in [1.165, 1.54) is 24.3 Å². The van der Waals surface area contributed by atoms with E-state index in [1.807, 2.05) is 6.92 Å². The number of methoxy groups -OCH3 is 1. The summed E-state index contributed by atoms with van der Waals surface area (Å²) in [6.45, 7) is 0.882. The number of rotatable bonds is 5. The van der Waals surface area contributed by atoms with Crippen LogP contribution in [0.1, 0.15) is 32.7 Å². The van der Waals surface area contributed by atoms with Crippen molar-refractivity contribution in [1.82, 2.24) is 9.21 Å². The molecule has 168 valence electrons. The highest BCUT2D eigenvalue weighted by atomic mass is 32.2. The molecule has 0 bridgehead atoms. The normalized spacial score (nSPS) is 23.5. The molecule has 0 radical (unpaired) electrons. The summed E-state index contributed by atoms with van der Waals surface area (Å²) in [7, 11) is -3.04. The van der Waals surface area contributed by atoms with Gasteiger partial charge >= 0.3 is 5.97 Å². The zero-order chi connectivity index (χ0) is 23.3. The summed E-state index contributed by atoms with van der Waals surface area (Å²) in [5, 5.41) is 11.2. The van der Waals surface area contributed by atoms with Crippen LogP contribution in [0.3, 0.4) is 0 Å². The standard InChI is InChI=1S/C22H22N2O7S/c1-14-7-9-15(10-8-14)32(29,30)24-13-22(28,11-18(24)21(27)31-2)12-23-19(25)16-5-3-4-6-17(16)20(23)26/h3-10,18,28H,11-13H2,1-2H3/t18-,22+/m0/s1. The maximum atomic E-state index is 13.3. The quantitative estimate of drug-likeness (QED) is 0.523. The molecule has 2 aliphatic rings. The Morgan fingerprint density at radius 1 is 1.09 bits per heavy atom. The Balaban J connectivity index is 1.65. The molecule has 0 aliphatic carbocycles. The van der Waals surface area contributed by atoms with Crippen LogP contribution in [0.2, 0.25) is 0 Å². The number of hydrogen-bond donors (Lipinski definition) is 1. The van der Waals surface area contributed by atoms with E-state index in [1.54, 1.807) is 24.3 Å². The number of fused-ring (bicyclic) bond motifs is 1. The highest BCUT2D eigenvalue weighted by molar-refractivity contribution is 7.89. The molecule has 9 nitrogen and oxygen atoms in total. The van der Waals surface area contributed by atoms with Crippen molar-refractivity contribution in [2.75, 3.05) is 20.2 Å². The lowest BCUT2D eigenvalue weighted by Gasteiger charge is -2.27. The first-order valence-corrected chi connectivity index (χ1v) is 11.4. The third-order valence-corrected chi connectivity index (χ3v) is 7.67. The van der Waals surface area contributed by atoms with E-state index in [9.17, 15) is 27.9 Å². The van der Waals surface area contributed by atoms with E-state index < -0.39 is 52.5 Å². The van der Waals surface area contributed by atoms with E-state index in [2.05, 4.69) is 0 Å². The Kier molecular flexibility index (Phi) is 5.40. The van der Waals surface area contributed by atoms with Crippen LogP contribution >= 0.6 is 0 Å². The molecule has 32 heavy (non-hydrogen) atoms. The molecule has 2 aromatic carbocycles. The molecule has 1 fully saturated rings. The van der Waals surface area contributed by atoms with Gasteiger partial charge < -0.3 is 9.84 Å². The van der Waals surface area contributed by atoms with Gasteiger partial charge in [0.25, 0.3) is 11.8 Å². The fourth-order valence-electron chi connectivity index (χ4n) is 4.15. The van der Waals surface area contributed by atoms with Crippen molar-refractivity contribution in [2.45, 2.75) is 29.9 Å². The lowest BCUT2D eigenvalue weighted by molar-refractivity contribution is -0.144. The van der Waals surface area contributed by atoms with Crippen LogP contribution in [0.5, 0.6) is 0 Å². The molecule has 2 aliphatic heterocycles. The summed E-state index contributed by atoms with van der Waals surface area (Å²) in [6.07, 6.45) is -0.321. The number of carbonyl (C=O) groups is 3. The van der Waals surface area contributed by atoms with Gasteiger partial charge in [-0.25, -0.2) is 8.42 Å². The molecule has 2 heterocycles. The zero-order valence-corrected chi connectivity index (χ0v) is 18.3. The Morgan fingerprint density at radius 2 is 1.66 bits per heavy atom. The summed E-state index contributed by atoms with van der Waals surface area (Å²) in [4.78, 5) is 38.7. The number of carbonyl (C=O) groups excluding carboxylic acids is 3. The zero-order valence-electron chi connectivity index (χ0n) is 17.5. The number of benzene rings is 2. The van der Waals surface area contributed by atoms with E-state index in [-0.39, 0.29) is 22.4 Å². The fraction of sp³-hybridized carbons (Fsp3) is 0.318. The molecule has 1 N–H and O–H groups in total. The number of aryl methyl sites for hydroxylation is 1. The summed E-state index contributed by atoms with van der Waals surface area (Å²) in [5.74, 6) is -1.99. The van der Waals surface area contributed by atoms with Gasteiger partial charge in [0.15, 0.2) is 0 Å². The maximum absolute atomic E-state index is 13.3. The van der Waals surface area contributed by atoms with Crippen LogP contribution in [0.4, 0.5) is 0 Å². The van der Waals surface area contributed by atoms with E-state index >= 15 is 0 Å². The Labute approximate surface area is 185 Å². The highest BCUT2D eigenvalue weighted by Crippen LogP contribution is 2.35. The van der Waals surface area contributed by atoms with Crippen molar-refractivity contribution in [3.8, 4) is 0 Å². The van der Waals surface area contributed by atoms with Gasteiger partial charge in [0.05, 0.1) is 35.3 Å². The van der Waals surface area contributed by atoms with E-state index in [4.69, 9.17) is 4.74 Å². The number of nitrogens with zero attached hydrogens (tertiary/aromatic N) is 2. The fourth-order valence-corrected chi connectivity index (χ4v) is 5.81. The van der Waals surface area contributed by atoms with Gasteiger partial charge in [0.2, 0.25) is 10.0 Å². The molecule has 0 saturated carbocycles. The third-order valence-electron chi connectivity index (χ3n) is 5.80. The molecule has 0 unspecified atom stereocenters. The molecule has 1 saturated heterocycles. The largest absolute Gasteiger partial charge is 0.468 e. The monoisotopic (exact) mass is 458 g/mol. The van der Waals surface area contributed by atoms with Crippen LogP contribution in [0, 0.1) is 6.92 Å². The number of aliphatic hydroxyl groups is 1. The van der Waals surface area contributed by atoms with Crippen LogP contribution in [-0.4, -0.2) is 72.4 Å². The lowest BCUT2D eigenvalue weighted by atomic mass is 9.99. The van der Waals surface area contributed by atoms with Gasteiger partial charge in [-0.3, -0.25) is 19.3 Å². The average molecular weight is 458 g/mol. The van der Waals surface area contributed by atoms with E-state index in [0.29, 0.717) is 0 Å². The number of hydrogen-bond acceptors (Lipinski definition) is 7. The average Bonchev–Trinajstić information content (AvgIpc) is 3.25. The summed E-state index contributed by atoms with van der Waals surface area (Å²) < 4.78 is 32.2. The number of imide groups is 1. The smallest absolute Gasteiger partial charge is 0.324 e. The topological polar surface area (TPSA) is 121 Å². The first-order chi connectivity index (χ1) is 15.1.